The number of aromatic nitrogens is 3. The number of hydrogen-bond acceptors (Lipinski definition) is 3. The monoisotopic (exact) mass is 355 g/mol. The Kier molecular flexibility index (Phi) is 7.86. The molecule has 1 aromatic heterocycles. The highest BCUT2D eigenvalue weighted by Crippen LogP contribution is 2.29. The lowest BCUT2D eigenvalue weighted by molar-refractivity contribution is 0.0356. The van der Waals surface area contributed by atoms with Gasteiger partial charge in [0.2, 0.25) is 0 Å². The van der Waals surface area contributed by atoms with Gasteiger partial charge in [-0.15, -0.1) is 0 Å². The molecule has 2 rings (SSSR count). The highest BCUT2D eigenvalue weighted by molar-refractivity contribution is 6.35. The molecule has 6 heteroatoms. The van der Waals surface area contributed by atoms with E-state index in [-0.39, 0.29) is 6.10 Å². The minimum atomic E-state index is -0.160. The fraction of sp³-hybridized carbons (Fsp3) is 0.529. The third-order valence-electron chi connectivity index (χ3n) is 3.70. The lowest BCUT2D eigenvalue weighted by Gasteiger charge is -2.19. The molecule has 0 bridgehead atoms. The van der Waals surface area contributed by atoms with Gasteiger partial charge in [0.15, 0.2) is 0 Å². The Balaban J connectivity index is 1.97. The molecule has 0 aliphatic rings. The molecular weight excluding hydrogens is 333 g/mol. The van der Waals surface area contributed by atoms with Crippen LogP contribution in [0.5, 0.6) is 0 Å². The first-order valence-electron chi connectivity index (χ1n) is 8.09. The molecule has 0 saturated heterocycles. The zero-order valence-corrected chi connectivity index (χ0v) is 14.9. The van der Waals surface area contributed by atoms with Gasteiger partial charge < -0.3 is 4.74 Å². The second-order valence-electron chi connectivity index (χ2n) is 5.56. The molecule has 0 N–H and O–H groups in total. The maximum Gasteiger partial charge on any atom is 0.137 e. The van der Waals surface area contributed by atoms with E-state index in [1.165, 1.54) is 32.0 Å². The topological polar surface area (TPSA) is 39.9 Å². The Morgan fingerprint density at radius 3 is 2.70 bits per heavy atom. The van der Waals surface area contributed by atoms with E-state index in [0.717, 1.165) is 12.0 Å². The van der Waals surface area contributed by atoms with Crippen molar-refractivity contribution in [1.29, 1.82) is 0 Å². The van der Waals surface area contributed by atoms with Crippen LogP contribution in [-0.2, 0) is 11.3 Å². The van der Waals surface area contributed by atoms with E-state index in [4.69, 9.17) is 27.9 Å². The van der Waals surface area contributed by atoms with Gasteiger partial charge >= 0.3 is 0 Å². The molecule has 2 aromatic rings. The number of unbranched alkanes of at least 4 members (excludes halogenated alkanes) is 4. The van der Waals surface area contributed by atoms with Crippen LogP contribution in [0.4, 0.5) is 0 Å². The van der Waals surface area contributed by atoms with E-state index >= 15 is 0 Å². The Morgan fingerprint density at radius 1 is 1.17 bits per heavy atom. The molecule has 1 unspecified atom stereocenters. The van der Waals surface area contributed by atoms with Crippen molar-refractivity contribution in [1.82, 2.24) is 14.8 Å². The summed E-state index contributed by atoms with van der Waals surface area (Å²) in [5.41, 5.74) is 0.931. The van der Waals surface area contributed by atoms with Gasteiger partial charge in [0.1, 0.15) is 18.8 Å². The fourth-order valence-electron chi connectivity index (χ4n) is 2.43. The van der Waals surface area contributed by atoms with E-state index in [1.54, 1.807) is 17.1 Å². The molecule has 1 aromatic carbocycles. The summed E-state index contributed by atoms with van der Waals surface area (Å²) in [6.07, 6.45) is 9.08. The molecule has 0 amide bonds. The van der Waals surface area contributed by atoms with Crippen LogP contribution in [0.1, 0.15) is 50.7 Å². The molecule has 4 nitrogen and oxygen atoms in total. The predicted octanol–water partition coefficient (Wildman–Crippen LogP) is 5.31. The zero-order valence-electron chi connectivity index (χ0n) is 13.4. The van der Waals surface area contributed by atoms with Crippen molar-refractivity contribution >= 4 is 23.2 Å². The van der Waals surface area contributed by atoms with Gasteiger partial charge in [-0.2, -0.15) is 5.10 Å². The normalized spacial score (nSPS) is 12.5. The first kappa shape index (κ1) is 18.2. The number of ether oxygens (including phenoxy) is 1. The average Bonchev–Trinajstić information content (AvgIpc) is 3.03. The SMILES string of the molecule is CCCCCCCOC(Cn1cncn1)c1ccc(Cl)cc1Cl. The molecule has 0 radical (unpaired) electrons. The van der Waals surface area contributed by atoms with Crippen LogP contribution in [0.2, 0.25) is 10.0 Å². The van der Waals surface area contributed by atoms with Crippen LogP contribution in [0, 0.1) is 0 Å². The molecule has 23 heavy (non-hydrogen) atoms. The molecule has 0 aliphatic heterocycles. The second-order valence-corrected chi connectivity index (χ2v) is 6.40. The highest BCUT2D eigenvalue weighted by atomic mass is 35.5. The summed E-state index contributed by atoms with van der Waals surface area (Å²) in [4.78, 5) is 3.98. The average molecular weight is 356 g/mol. The van der Waals surface area contributed by atoms with Crippen LogP contribution in [0.15, 0.2) is 30.9 Å². The van der Waals surface area contributed by atoms with Crippen molar-refractivity contribution < 1.29 is 4.74 Å². The minimum Gasteiger partial charge on any atom is -0.372 e. The first-order valence-corrected chi connectivity index (χ1v) is 8.85. The van der Waals surface area contributed by atoms with Crippen LogP contribution >= 0.6 is 23.2 Å². The predicted molar refractivity (Wildman–Crippen MR) is 93.9 cm³/mol. The van der Waals surface area contributed by atoms with Gasteiger partial charge in [-0.25, -0.2) is 4.98 Å². The summed E-state index contributed by atoms with van der Waals surface area (Å²) in [5, 5.41) is 5.40. The number of hydrogen-bond donors (Lipinski definition) is 0. The summed E-state index contributed by atoms with van der Waals surface area (Å²) in [6.45, 7) is 3.51. The quantitative estimate of drug-likeness (QED) is 0.542. The molecule has 1 heterocycles. The van der Waals surface area contributed by atoms with E-state index in [0.29, 0.717) is 23.2 Å². The second kappa shape index (κ2) is 9.91. The molecule has 0 spiro atoms. The van der Waals surface area contributed by atoms with E-state index in [9.17, 15) is 0 Å². The van der Waals surface area contributed by atoms with Crippen LogP contribution in [-0.4, -0.2) is 21.4 Å². The standard InChI is InChI=1S/C17H23Cl2N3O/c1-2-3-4-5-6-9-23-17(11-22-13-20-12-21-22)15-8-7-14(18)10-16(15)19/h7-8,10,12-13,17H,2-6,9,11H2,1H3. The first-order chi connectivity index (χ1) is 11.2. The van der Waals surface area contributed by atoms with E-state index in [1.807, 2.05) is 12.1 Å². The fourth-order valence-corrected chi connectivity index (χ4v) is 2.96. The number of halogens is 2. The van der Waals surface area contributed by atoms with E-state index < -0.39 is 0 Å². The Hall–Kier alpha value is -1.10. The van der Waals surface area contributed by atoms with Gasteiger partial charge in [-0.1, -0.05) is 61.9 Å². The van der Waals surface area contributed by atoms with Crippen molar-refractivity contribution in [2.24, 2.45) is 0 Å². The van der Waals surface area contributed by atoms with Crippen molar-refractivity contribution in [3.63, 3.8) is 0 Å². The maximum absolute atomic E-state index is 6.34. The Labute approximate surface area is 147 Å². The molecular formula is C17H23Cl2N3O. The van der Waals surface area contributed by atoms with Crippen LogP contribution in [0.3, 0.4) is 0 Å². The Bertz CT molecular complexity index is 575. The lowest BCUT2D eigenvalue weighted by atomic mass is 10.1. The van der Waals surface area contributed by atoms with Gasteiger partial charge in [0, 0.05) is 22.2 Å². The van der Waals surface area contributed by atoms with Crippen molar-refractivity contribution in [2.75, 3.05) is 6.61 Å². The van der Waals surface area contributed by atoms with E-state index in [2.05, 4.69) is 17.0 Å². The smallest absolute Gasteiger partial charge is 0.137 e. The molecule has 0 fully saturated rings. The third kappa shape index (κ3) is 6.13. The maximum atomic E-state index is 6.34. The van der Waals surface area contributed by atoms with Crippen molar-refractivity contribution in [3.8, 4) is 0 Å². The lowest BCUT2D eigenvalue weighted by Crippen LogP contribution is -2.14. The summed E-state index contributed by atoms with van der Waals surface area (Å²) in [7, 11) is 0. The largest absolute Gasteiger partial charge is 0.372 e. The summed E-state index contributed by atoms with van der Waals surface area (Å²) in [5.74, 6) is 0. The summed E-state index contributed by atoms with van der Waals surface area (Å²) >= 11 is 12.3. The third-order valence-corrected chi connectivity index (χ3v) is 4.26. The van der Waals surface area contributed by atoms with Crippen molar-refractivity contribution in [3.05, 3.63) is 46.5 Å². The summed E-state index contributed by atoms with van der Waals surface area (Å²) < 4.78 is 7.84. The van der Waals surface area contributed by atoms with Gasteiger partial charge in [0.05, 0.1) is 6.54 Å². The number of benzene rings is 1. The number of nitrogens with zero attached hydrogens (tertiary/aromatic N) is 3. The van der Waals surface area contributed by atoms with Crippen LogP contribution < -0.4 is 0 Å². The Morgan fingerprint density at radius 2 is 2.00 bits per heavy atom. The zero-order chi connectivity index (χ0) is 16.5. The van der Waals surface area contributed by atoms with Gasteiger partial charge in [-0.3, -0.25) is 4.68 Å². The molecule has 126 valence electrons. The molecule has 0 saturated carbocycles. The number of rotatable bonds is 10. The van der Waals surface area contributed by atoms with Crippen molar-refractivity contribution in [2.45, 2.75) is 51.7 Å². The van der Waals surface area contributed by atoms with Crippen LogP contribution in [0.25, 0.3) is 0 Å². The molecule has 1 atom stereocenters. The van der Waals surface area contributed by atoms with Gasteiger partial charge in [-0.05, 0) is 18.6 Å². The summed E-state index contributed by atoms with van der Waals surface area (Å²) in [6, 6.07) is 5.50. The van der Waals surface area contributed by atoms with Gasteiger partial charge in [0.25, 0.3) is 0 Å². The minimum absolute atomic E-state index is 0.160. The highest BCUT2D eigenvalue weighted by Gasteiger charge is 2.17. The molecule has 0 aliphatic carbocycles.